The van der Waals surface area contributed by atoms with Crippen molar-refractivity contribution >= 4 is 5.91 Å². The van der Waals surface area contributed by atoms with Crippen LogP contribution in [0.25, 0.3) is 0 Å². The molecule has 0 aromatic carbocycles. The Morgan fingerprint density at radius 3 is 2.67 bits per heavy atom. The van der Waals surface area contributed by atoms with Crippen LogP contribution in [0.15, 0.2) is 18.6 Å². The third-order valence-electron chi connectivity index (χ3n) is 1.21. The van der Waals surface area contributed by atoms with Gasteiger partial charge < -0.3 is 5.73 Å². The van der Waals surface area contributed by atoms with E-state index in [9.17, 15) is 13.6 Å². The SMILES string of the molecule is NC(=O)C(F)(F)c1ccncn1. The maximum absolute atomic E-state index is 12.7. The molecule has 0 aliphatic heterocycles. The average molecular weight is 173 g/mol. The number of aromatic nitrogens is 2. The first-order valence-corrected chi connectivity index (χ1v) is 2.99. The van der Waals surface area contributed by atoms with Gasteiger partial charge in [0.1, 0.15) is 12.0 Å². The van der Waals surface area contributed by atoms with E-state index in [4.69, 9.17) is 0 Å². The number of carbonyl (C=O) groups is 1. The molecular formula is C6H5F2N3O. The van der Waals surface area contributed by atoms with Crippen molar-refractivity contribution in [3.63, 3.8) is 0 Å². The topological polar surface area (TPSA) is 68.9 Å². The standard InChI is InChI=1S/C6H5F2N3O/c7-6(8,5(9)12)4-1-2-10-3-11-4/h1-3H,(H2,9,12). The van der Waals surface area contributed by atoms with Crippen molar-refractivity contribution in [1.82, 2.24) is 9.97 Å². The Labute approximate surface area is 66.4 Å². The summed E-state index contributed by atoms with van der Waals surface area (Å²) in [4.78, 5) is 16.9. The Morgan fingerprint density at radius 1 is 1.58 bits per heavy atom. The number of rotatable bonds is 2. The fourth-order valence-corrected chi connectivity index (χ4v) is 0.603. The first-order valence-electron chi connectivity index (χ1n) is 2.99. The zero-order valence-corrected chi connectivity index (χ0v) is 5.87. The molecule has 1 rings (SSSR count). The van der Waals surface area contributed by atoms with Crippen LogP contribution in [0.4, 0.5) is 8.78 Å². The largest absolute Gasteiger partial charge is 0.365 e. The molecule has 4 nitrogen and oxygen atoms in total. The molecule has 0 spiro atoms. The molecule has 0 saturated carbocycles. The lowest BCUT2D eigenvalue weighted by atomic mass is 10.2. The predicted molar refractivity (Wildman–Crippen MR) is 35.1 cm³/mol. The molecule has 0 saturated heterocycles. The fraction of sp³-hybridized carbons (Fsp3) is 0.167. The van der Waals surface area contributed by atoms with Crippen LogP contribution in [0.5, 0.6) is 0 Å². The minimum Gasteiger partial charge on any atom is -0.364 e. The summed E-state index contributed by atoms with van der Waals surface area (Å²) in [7, 11) is 0. The highest BCUT2D eigenvalue weighted by atomic mass is 19.3. The van der Waals surface area contributed by atoms with Crippen molar-refractivity contribution in [2.75, 3.05) is 0 Å². The van der Waals surface area contributed by atoms with Gasteiger partial charge in [0.25, 0.3) is 5.91 Å². The van der Waals surface area contributed by atoms with E-state index in [-0.39, 0.29) is 0 Å². The van der Waals surface area contributed by atoms with Crippen LogP contribution in [-0.2, 0) is 10.7 Å². The van der Waals surface area contributed by atoms with Crippen LogP contribution >= 0.6 is 0 Å². The molecule has 1 heterocycles. The maximum Gasteiger partial charge on any atom is 0.365 e. The van der Waals surface area contributed by atoms with E-state index >= 15 is 0 Å². The minimum atomic E-state index is -3.72. The zero-order valence-electron chi connectivity index (χ0n) is 5.87. The van der Waals surface area contributed by atoms with Gasteiger partial charge in [-0.25, -0.2) is 9.97 Å². The van der Waals surface area contributed by atoms with Crippen LogP contribution < -0.4 is 5.73 Å². The van der Waals surface area contributed by atoms with E-state index in [2.05, 4.69) is 15.7 Å². The number of alkyl halides is 2. The summed E-state index contributed by atoms with van der Waals surface area (Å²) in [6.07, 6.45) is 2.03. The van der Waals surface area contributed by atoms with E-state index in [0.29, 0.717) is 0 Å². The van der Waals surface area contributed by atoms with Crippen LogP contribution in [0.3, 0.4) is 0 Å². The molecule has 12 heavy (non-hydrogen) atoms. The molecule has 2 N–H and O–H groups in total. The summed E-state index contributed by atoms with van der Waals surface area (Å²) in [5.74, 6) is -5.44. The Kier molecular flexibility index (Phi) is 1.99. The molecular weight excluding hydrogens is 168 g/mol. The van der Waals surface area contributed by atoms with Gasteiger partial charge in [0.15, 0.2) is 0 Å². The van der Waals surface area contributed by atoms with E-state index in [1.165, 1.54) is 0 Å². The summed E-state index contributed by atoms with van der Waals surface area (Å²) >= 11 is 0. The first-order chi connectivity index (χ1) is 5.55. The number of carbonyl (C=O) groups excluding carboxylic acids is 1. The number of nitrogens with two attached hydrogens (primary N) is 1. The summed E-state index contributed by atoms with van der Waals surface area (Å²) in [5, 5.41) is 0. The molecule has 0 fully saturated rings. The number of hydrogen-bond acceptors (Lipinski definition) is 3. The van der Waals surface area contributed by atoms with Crippen molar-refractivity contribution in [3.05, 3.63) is 24.3 Å². The lowest BCUT2D eigenvalue weighted by molar-refractivity contribution is -0.143. The van der Waals surface area contributed by atoms with E-state index in [0.717, 1.165) is 18.6 Å². The molecule has 0 bridgehead atoms. The molecule has 6 heteroatoms. The monoisotopic (exact) mass is 173 g/mol. The molecule has 1 aromatic rings. The summed E-state index contributed by atoms with van der Waals surface area (Å²) in [6, 6.07) is 0.935. The van der Waals surface area contributed by atoms with Crippen molar-refractivity contribution in [3.8, 4) is 0 Å². The van der Waals surface area contributed by atoms with Gasteiger partial charge in [0, 0.05) is 6.20 Å². The average Bonchev–Trinajstić information content (AvgIpc) is 2.06. The van der Waals surface area contributed by atoms with Crippen LogP contribution in [0.1, 0.15) is 5.69 Å². The van der Waals surface area contributed by atoms with E-state index < -0.39 is 17.5 Å². The first kappa shape index (κ1) is 8.51. The Hall–Kier alpha value is -1.59. The summed E-state index contributed by atoms with van der Waals surface area (Å²) < 4.78 is 25.4. The lowest BCUT2D eigenvalue weighted by Crippen LogP contribution is -2.33. The second-order valence-electron chi connectivity index (χ2n) is 2.03. The van der Waals surface area contributed by atoms with Gasteiger partial charge in [-0.2, -0.15) is 8.78 Å². The highest BCUT2D eigenvalue weighted by Crippen LogP contribution is 2.24. The van der Waals surface area contributed by atoms with Crippen LogP contribution in [-0.4, -0.2) is 15.9 Å². The van der Waals surface area contributed by atoms with Crippen molar-refractivity contribution < 1.29 is 13.6 Å². The highest BCUT2D eigenvalue weighted by Gasteiger charge is 2.40. The minimum absolute atomic E-state index is 0.690. The molecule has 0 radical (unpaired) electrons. The number of amides is 1. The molecule has 64 valence electrons. The van der Waals surface area contributed by atoms with Gasteiger partial charge in [-0.3, -0.25) is 4.79 Å². The molecule has 0 aliphatic rings. The lowest BCUT2D eigenvalue weighted by Gasteiger charge is -2.09. The van der Waals surface area contributed by atoms with Crippen LogP contribution in [0, 0.1) is 0 Å². The third kappa shape index (κ3) is 1.36. The molecule has 0 atom stereocenters. The van der Waals surface area contributed by atoms with E-state index in [1.807, 2.05) is 0 Å². The zero-order chi connectivity index (χ0) is 9.19. The van der Waals surface area contributed by atoms with Gasteiger partial charge in [0.05, 0.1) is 0 Å². The van der Waals surface area contributed by atoms with Crippen molar-refractivity contribution in [2.24, 2.45) is 5.73 Å². The predicted octanol–water partition coefficient (Wildman–Crippen LogP) is 0.0537. The van der Waals surface area contributed by atoms with Crippen molar-refractivity contribution in [1.29, 1.82) is 0 Å². The number of primary amides is 1. The highest BCUT2D eigenvalue weighted by molar-refractivity contribution is 5.82. The Bertz CT molecular complexity index is 288. The molecule has 0 unspecified atom stereocenters. The Morgan fingerprint density at radius 2 is 2.25 bits per heavy atom. The quantitative estimate of drug-likeness (QED) is 0.687. The van der Waals surface area contributed by atoms with Gasteiger partial charge in [0.2, 0.25) is 0 Å². The fourth-order valence-electron chi connectivity index (χ4n) is 0.603. The van der Waals surface area contributed by atoms with Gasteiger partial charge in [-0.1, -0.05) is 0 Å². The van der Waals surface area contributed by atoms with Crippen LogP contribution in [0.2, 0.25) is 0 Å². The molecule has 1 amide bonds. The van der Waals surface area contributed by atoms with Gasteiger partial charge in [-0.05, 0) is 6.07 Å². The normalized spacial score (nSPS) is 11.2. The van der Waals surface area contributed by atoms with Crippen molar-refractivity contribution in [2.45, 2.75) is 5.92 Å². The second kappa shape index (κ2) is 2.80. The summed E-state index contributed by atoms with van der Waals surface area (Å²) in [5.41, 5.74) is 3.76. The second-order valence-corrected chi connectivity index (χ2v) is 2.03. The van der Waals surface area contributed by atoms with E-state index in [1.54, 1.807) is 0 Å². The number of nitrogens with zero attached hydrogens (tertiary/aromatic N) is 2. The number of hydrogen-bond donors (Lipinski definition) is 1. The molecule has 1 aromatic heterocycles. The maximum atomic E-state index is 12.7. The third-order valence-corrected chi connectivity index (χ3v) is 1.21. The number of halogens is 2. The summed E-state index contributed by atoms with van der Waals surface area (Å²) in [6.45, 7) is 0. The van der Waals surface area contributed by atoms with Gasteiger partial charge >= 0.3 is 5.92 Å². The Balaban J connectivity index is 3.06. The smallest absolute Gasteiger partial charge is 0.364 e. The van der Waals surface area contributed by atoms with Gasteiger partial charge in [-0.15, -0.1) is 0 Å². The molecule has 0 aliphatic carbocycles.